The molecule has 1 atom stereocenters. The minimum atomic E-state index is -0.781. The largest absolute Gasteiger partial charge is 0.538 e. The monoisotopic (exact) mass is 538 g/mol. The Hall–Kier alpha value is -4.16. The van der Waals surface area contributed by atoms with Crippen LogP contribution in [-0.2, 0) is 9.53 Å². The average molecular weight is 539 g/mol. The van der Waals surface area contributed by atoms with Gasteiger partial charge in [0.2, 0.25) is 11.6 Å². The number of amides is 2. The van der Waals surface area contributed by atoms with Gasteiger partial charge in [-0.1, -0.05) is 36.4 Å². The predicted octanol–water partition coefficient (Wildman–Crippen LogP) is 3.55. The topological polar surface area (TPSA) is 137 Å². The summed E-state index contributed by atoms with van der Waals surface area (Å²) in [4.78, 5) is 38.8. The number of ether oxygens (including phenoxy) is 1. The third-order valence-electron chi connectivity index (χ3n) is 5.24. The first kappa shape index (κ1) is 25.9. The lowest BCUT2D eigenvalue weighted by atomic mass is 10.1. The van der Waals surface area contributed by atoms with Gasteiger partial charge in [0.25, 0.3) is 10.9 Å². The molecule has 12 heteroatoms. The van der Waals surface area contributed by atoms with E-state index in [-0.39, 0.29) is 20.5 Å². The number of nitrogens with one attached hydrogen (secondary N) is 2. The molecule has 0 aliphatic rings. The van der Waals surface area contributed by atoms with Crippen LogP contribution < -0.4 is 20.4 Å². The molecule has 0 radical (unpaired) electrons. The molecule has 2 heterocycles. The van der Waals surface area contributed by atoms with E-state index >= 15 is 0 Å². The van der Waals surface area contributed by atoms with Gasteiger partial charge in [0.1, 0.15) is 5.00 Å². The van der Waals surface area contributed by atoms with E-state index in [1.807, 2.05) is 12.1 Å². The number of para-hydroxylation sites is 2. The summed E-state index contributed by atoms with van der Waals surface area (Å²) in [6, 6.07) is 17.7. The molecule has 4 rings (SSSR count). The molecule has 2 N–H and O–H groups in total. The SMILES string of the molecule is COC(=O)c1c(NC(=O)C(C)Sc2c([O-])on[n+]2-c2ccccc2)sc(C(=O)Nc2ccccc2)c1C. The highest BCUT2D eigenvalue weighted by atomic mass is 32.2. The second kappa shape index (κ2) is 11.3. The summed E-state index contributed by atoms with van der Waals surface area (Å²) in [7, 11) is 1.22. The van der Waals surface area contributed by atoms with Crippen molar-refractivity contribution in [1.29, 1.82) is 0 Å². The van der Waals surface area contributed by atoms with Gasteiger partial charge >= 0.3 is 5.97 Å². The number of hydrogen-bond acceptors (Lipinski definition) is 9. The number of esters is 1. The first-order valence-electron chi connectivity index (χ1n) is 11.0. The number of carbonyl (C=O) groups excluding carboxylic acids is 3. The third-order valence-corrected chi connectivity index (χ3v) is 7.58. The fourth-order valence-corrected chi connectivity index (χ4v) is 5.35. The smallest absolute Gasteiger partial charge is 0.341 e. The first-order chi connectivity index (χ1) is 17.8. The molecule has 190 valence electrons. The zero-order chi connectivity index (χ0) is 26.5. The Labute approximate surface area is 220 Å². The first-order valence-corrected chi connectivity index (χ1v) is 12.7. The predicted molar refractivity (Wildman–Crippen MR) is 136 cm³/mol. The van der Waals surface area contributed by atoms with Gasteiger partial charge in [0.15, 0.2) is 5.95 Å². The Morgan fingerprint density at radius 2 is 1.73 bits per heavy atom. The van der Waals surface area contributed by atoms with Crippen LogP contribution in [0.4, 0.5) is 10.7 Å². The lowest BCUT2D eigenvalue weighted by Crippen LogP contribution is -2.36. The Morgan fingerprint density at radius 1 is 1.08 bits per heavy atom. The molecule has 10 nitrogen and oxygen atoms in total. The van der Waals surface area contributed by atoms with Crippen molar-refractivity contribution in [1.82, 2.24) is 5.27 Å². The van der Waals surface area contributed by atoms with E-state index < -0.39 is 29.0 Å². The van der Waals surface area contributed by atoms with Crippen molar-refractivity contribution in [2.24, 2.45) is 0 Å². The number of anilines is 2. The van der Waals surface area contributed by atoms with Gasteiger partial charge in [-0.2, -0.15) is 0 Å². The Morgan fingerprint density at radius 3 is 2.38 bits per heavy atom. The van der Waals surface area contributed by atoms with E-state index in [2.05, 4.69) is 15.9 Å². The van der Waals surface area contributed by atoms with Gasteiger partial charge in [0.05, 0.1) is 28.1 Å². The fraction of sp³-hybridized carbons (Fsp3) is 0.160. The molecule has 0 aliphatic carbocycles. The molecule has 0 aliphatic heterocycles. The number of rotatable bonds is 8. The van der Waals surface area contributed by atoms with Crippen molar-refractivity contribution in [3.05, 3.63) is 76.7 Å². The molecule has 2 aromatic carbocycles. The highest BCUT2D eigenvalue weighted by Crippen LogP contribution is 2.35. The fourth-order valence-electron chi connectivity index (χ4n) is 3.38. The lowest BCUT2D eigenvalue weighted by Gasteiger charge is -2.10. The van der Waals surface area contributed by atoms with Crippen LogP contribution in [0.3, 0.4) is 0 Å². The Bertz CT molecular complexity index is 1440. The number of hydrogen-bond donors (Lipinski definition) is 2. The molecule has 37 heavy (non-hydrogen) atoms. The minimum Gasteiger partial charge on any atom is -0.538 e. The number of aromatic nitrogens is 2. The van der Waals surface area contributed by atoms with Crippen LogP contribution in [-0.4, -0.2) is 35.4 Å². The minimum absolute atomic E-state index is 0.0881. The zero-order valence-electron chi connectivity index (χ0n) is 20.0. The van der Waals surface area contributed by atoms with Crippen LogP contribution in [0.15, 0.2) is 70.2 Å². The highest BCUT2D eigenvalue weighted by molar-refractivity contribution is 8.00. The number of benzene rings is 2. The van der Waals surface area contributed by atoms with Gasteiger partial charge in [-0.25, -0.2) is 4.79 Å². The van der Waals surface area contributed by atoms with Gasteiger partial charge in [-0.3, -0.25) is 9.59 Å². The van der Waals surface area contributed by atoms with Crippen LogP contribution in [0.1, 0.15) is 32.5 Å². The maximum Gasteiger partial charge on any atom is 0.341 e. The van der Waals surface area contributed by atoms with Crippen LogP contribution >= 0.6 is 23.1 Å². The van der Waals surface area contributed by atoms with E-state index in [0.29, 0.717) is 16.9 Å². The van der Waals surface area contributed by atoms with Crippen molar-refractivity contribution in [3.63, 3.8) is 0 Å². The van der Waals surface area contributed by atoms with Crippen LogP contribution in [0, 0.1) is 6.92 Å². The highest BCUT2D eigenvalue weighted by Gasteiger charge is 2.30. The summed E-state index contributed by atoms with van der Waals surface area (Å²) in [5, 5.41) is 21.0. The average Bonchev–Trinajstić information content (AvgIpc) is 3.43. The Balaban J connectivity index is 1.56. The van der Waals surface area contributed by atoms with Gasteiger partial charge in [0, 0.05) is 17.8 Å². The van der Waals surface area contributed by atoms with E-state index in [4.69, 9.17) is 9.26 Å². The van der Waals surface area contributed by atoms with Crippen LogP contribution in [0.2, 0.25) is 0 Å². The van der Waals surface area contributed by atoms with Crippen LogP contribution in [0.25, 0.3) is 5.69 Å². The van der Waals surface area contributed by atoms with Crippen molar-refractivity contribution in [2.75, 3.05) is 17.7 Å². The summed E-state index contributed by atoms with van der Waals surface area (Å²) < 4.78 is 11.0. The van der Waals surface area contributed by atoms with Gasteiger partial charge in [-0.15, -0.1) is 11.3 Å². The number of methoxy groups -OCH3 is 1. The third kappa shape index (κ3) is 5.65. The molecule has 0 bridgehead atoms. The Kier molecular flexibility index (Phi) is 7.89. The molecule has 0 saturated carbocycles. The van der Waals surface area contributed by atoms with Crippen molar-refractivity contribution < 1.29 is 33.4 Å². The molecular formula is C25H22N4O6S2. The maximum atomic E-state index is 13.1. The molecular weight excluding hydrogens is 516 g/mol. The van der Waals surface area contributed by atoms with E-state index in [1.165, 1.54) is 11.8 Å². The normalized spacial score (nSPS) is 11.5. The number of thiophene rings is 1. The summed E-state index contributed by atoms with van der Waals surface area (Å²) >= 11 is 1.92. The van der Waals surface area contributed by atoms with Crippen molar-refractivity contribution in [2.45, 2.75) is 24.1 Å². The van der Waals surface area contributed by atoms with E-state index in [9.17, 15) is 19.5 Å². The summed E-state index contributed by atoms with van der Waals surface area (Å²) in [6.45, 7) is 3.21. The van der Waals surface area contributed by atoms with E-state index in [1.54, 1.807) is 62.4 Å². The van der Waals surface area contributed by atoms with Crippen molar-refractivity contribution >= 4 is 51.6 Å². The lowest BCUT2D eigenvalue weighted by molar-refractivity contribution is -0.705. The molecule has 2 aromatic heterocycles. The van der Waals surface area contributed by atoms with E-state index in [0.717, 1.165) is 23.1 Å². The number of nitrogens with zero attached hydrogens (tertiary/aromatic N) is 2. The van der Waals surface area contributed by atoms with Crippen LogP contribution in [0.5, 0.6) is 5.95 Å². The number of carbonyl (C=O) groups is 3. The number of thioether (sulfide) groups is 1. The molecule has 4 aromatic rings. The molecule has 0 spiro atoms. The molecule has 1 unspecified atom stereocenters. The molecule has 0 saturated heterocycles. The standard InChI is InChI=1S/C25H22N4O6S2/c1-14-18(24(32)34-3)22(37-19(14)21(31)26-16-10-6-4-7-11-16)27-20(30)15(2)36-23-25(33)35-28-29(23)17-12-8-5-9-13-17/h4-13,15H,1-3H3,(H2-,26,27,28,30,31,32,33). The quantitative estimate of drug-likeness (QED) is 0.197. The van der Waals surface area contributed by atoms with Gasteiger partial charge < -0.3 is 25.0 Å². The molecule has 2 amide bonds. The van der Waals surface area contributed by atoms with Gasteiger partial charge in [-0.05, 0) is 48.0 Å². The summed E-state index contributed by atoms with van der Waals surface area (Å²) in [5.41, 5.74) is 1.65. The molecule has 0 fully saturated rings. The zero-order valence-corrected chi connectivity index (χ0v) is 21.6. The maximum absolute atomic E-state index is 13.1. The summed E-state index contributed by atoms with van der Waals surface area (Å²) in [6.07, 6.45) is 0. The second-order valence-electron chi connectivity index (χ2n) is 7.73. The van der Waals surface area contributed by atoms with Crippen molar-refractivity contribution in [3.8, 4) is 11.6 Å². The second-order valence-corrected chi connectivity index (χ2v) is 10.1. The summed E-state index contributed by atoms with van der Waals surface area (Å²) in [5.74, 6) is -2.29.